The minimum Gasteiger partial charge on any atom is -0.466 e. The summed E-state index contributed by atoms with van der Waals surface area (Å²) in [5.41, 5.74) is 1.72. The molecule has 0 radical (unpaired) electrons. The monoisotopic (exact) mass is 325 g/mol. The third-order valence-electron chi connectivity index (χ3n) is 3.40. The predicted molar refractivity (Wildman–Crippen MR) is 90.0 cm³/mol. The van der Waals surface area contributed by atoms with Crippen LogP contribution >= 0.6 is 0 Å². The maximum Gasteiger partial charge on any atom is 0.330 e. The van der Waals surface area contributed by atoms with E-state index in [0.717, 1.165) is 5.56 Å². The third-order valence-corrected chi connectivity index (χ3v) is 3.40. The van der Waals surface area contributed by atoms with Gasteiger partial charge in [-0.1, -0.05) is 36.4 Å². The minimum atomic E-state index is -0.812. The molecule has 1 unspecified atom stereocenters. The lowest BCUT2D eigenvalue weighted by Crippen LogP contribution is -2.19. The summed E-state index contributed by atoms with van der Waals surface area (Å²) in [6.07, 6.45) is 2.91. The molecule has 0 aliphatic heterocycles. The van der Waals surface area contributed by atoms with Gasteiger partial charge >= 0.3 is 11.9 Å². The Morgan fingerprint density at radius 1 is 1.12 bits per heavy atom. The highest BCUT2D eigenvalue weighted by molar-refractivity contribution is 6.00. The molecule has 1 heterocycles. The first-order chi connectivity index (χ1) is 11.7. The van der Waals surface area contributed by atoms with E-state index in [2.05, 4.69) is 4.98 Å². The van der Waals surface area contributed by atoms with Gasteiger partial charge in [0.15, 0.2) is 0 Å². The molecule has 0 fully saturated rings. The van der Waals surface area contributed by atoms with Gasteiger partial charge in [-0.2, -0.15) is 0 Å². The van der Waals surface area contributed by atoms with Crippen LogP contribution in [0.3, 0.4) is 0 Å². The molecule has 0 saturated heterocycles. The van der Waals surface area contributed by atoms with E-state index in [1.54, 1.807) is 31.3 Å². The molecular weight excluding hydrogens is 306 g/mol. The number of hydrogen-bond donors (Lipinski definition) is 0. The Kier molecular flexibility index (Phi) is 6.25. The molecule has 0 N–H and O–H groups in total. The van der Waals surface area contributed by atoms with Crippen LogP contribution in [0.5, 0.6) is 0 Å². The van der Waals surface area contributed by atoms with Crippen LogP contribution in [0.2, 0.25) is 0 Å². The van der Waals surface area contributed by atoms with Crippen LogP contribution in [0.15, 0.2) is 60.8 Å². The van der Waals surface area contributed by atoms with Crippen molar-refractivity contribution in [2.75, 3.05) is 13.7 Å². The van der Waals surface area contributed by atoms with Gasteiger partial charge in [0.1, 0.15) is 5.92 Å². The van der Waals surface area contributed by atoms with Gasteiger partial charge < -0.3 is 9.47 Å². The SMILES string of the molecule is CCOC(=O)C(/C(=C\C(=O)OC)c1ccccc1)c1ccccn1. The Hall–Kier alpha value is -2.95. The zero-order valence-corrected chi connectivity index (χ0v) is 13.6. The fourth-order valence-corrected chi connectivity index (χ4v) is 2.33. The zero-order valence-electron chi connectivity index (χ0n) is 13.6. The Labute approximate surface area is 140 Å². The van der Waals surface area contributed by atoms with Crippen LogP contribution in [0.4, 0.5) is 0 Å². The summed E-state index contributed by atoms with van der Waals surface area (Å²) in [4.78, 5) is 28.7. The number of benzene rings is 1. The highest BCUT2D eigenvalue weighted by atomic mass is 16.5. The normalized spacial score (nSPS) is 12.3. The number of rotatable bonds is 6. The molecule has 0 bridgehead atoms. The van der Waals surface area contributed by atoms with Gasteiger partial charge in [0.25, 0.3) is 0 Å². The first-order valence-corrected chi connectivity index (χ1v) is 7.60. The van der Waals surface area contributed by atoms with Gasteiger partial charge in [-0.05, 0) is 30.2 Å². The van der Waals surface area contributed by atoms with Crippen molar-refractivity contribution in [2.45, 2.75) is 12.8 Å². The van der Waals surface area contributed by atoms with Crippen molar-refractivity contribution in [3.8, 4) is 0 Å². The second-order valence-corrected chi connectivity index (χ2v) is 4.93. The number of hydrogen-bond acceptors (Lipinski definition) is 5. The van der Waals surface area contributed by atoms with Gasteiger partial charge in [-0.3, -0.25) is 9.78 Å². The first kappa shape index (κ1) is 17.4. The quantitative estimate of drug-likeness (QED) is 0.603. The Bertz CT molecular complexity index is 711. The molecule has 5 nitrogen and oxygen atoms in total. The summed E-state index contributed by atoms with van der Waals surface area (Å²) in [6, 6.07) is 14.5. The van der Waals surface area contributed by atoms with Crippen LogP contribution < -0.4 is 0 Å². The Morgan fingerprint density at radius 3 is 2.42 bits per heavy atom. The number of aromatic nitrogens is 1. The van der Waals surface area contributed by atoms with E-state index >= 15 is 0 Å². The van der Waals surface area contributed by atoms with E-state index < -0.39 is 17.9 Å². The topological polar surface area (TPSA) is 65.5 Å². The second-order valence-electron chi connectivity index (χ2n) is 4.93. The lowest BCUT2D eigenvalue weighted by Gasteiger charge is -2.19. The standard InChI is InChI=1S/C19H19NO4/c1-3-24-19(22)18(16-11-7-8-12-20-16)15(13-17(21)23-2)14-9-5-4-6-10-14/h4-13,18H,3H2,1-2H3/b15-13-. The van der Waals surface area contributed by atoms with Crippen molar-refractivity contribution in [3.05, 3.63) is 72.1 Å². The van der Waals surface area contributed by atoms with Crippen LogP contribution in [-0.2, 0) is 19.1 Å². The molecule has 1 aromatic heterocycles. The second kappa shape index (κ2) is 8.62. The van der Waals surface area contributed by atoms with Gasteiger partial charge in [0, 0.05) is 12.3 Å². The molecule has 5 heteroatoms. The van der Waals surface area contributed by atoms with Gasteiger partial charge in [0.05, 0.1) is 19.4 Å². The summed E-state index contributed by atoms with van der Waals surface area (Å²) in [7, 11) is 1.29. The number of pyridine rings is 1. The Balaban J connectivity index is 2.58. The highest BCUT2D eigenvalue weighted by Crippen LogP contribution is 2.32. The van der Waals surface area contributed by atoms with E-state index in [1.807, 2.05) is 30.3 Å². The maximum atomic E-state index is 12.6. The summed E-state index contributed by atoms with van der Waals surface area (Å²) in [5, 5.41) is 0. The molecule has 2 aromatic rings. The van der Waals surface area contributed by atoms with E-state index in [4.69, 9.17) is 9.47 Å². The largest absolute Gasteiger partial charge is 0.466 e. The number of nitrogens with zero attached hydrogens (tertiary/aromatic N) is 1. The smallest absolute Gasteiger partial charge is 0.330 e. The van der Waals surface area contributed by atoms with Crippen LogP contribution in [0, 0.1) is 0 Å². The molecule has 0 aliphatic rings. The van der Waals surface area contributed by atoms with Gasteiger partial charge in [-0.25, -0.2) is 4.79 Å². The number of carbonyl (C=O) groups is 2. The molecule has 0 saturated carbocycles. The minimum absolute atomic E-state index is 0.239. The highest BCUT2D eigenvalue weighted by Gasteiger charge is 2.29. The van der Waals surface area contributed by atoms with Crippen LogP contribution in [-0.4, -0.2) is 30.6 Å². The summed E-state index contributed by atoms with van der Waals surface area (Å²) in [6.45, 7) is 1.97. The predicted octanol–water partition coefficient (Wildman–Crippen LogP) is 2.98. The molecule has 1 aromatic carbocycles. The number of ether oxygens (including phenoxy) is 2. The van der Waals surface area contributed by atoms with Crippen molar-refractivity contribution in [1.29, 1.82) is 0 Å². The van der Waals surface area contributed by atoms with E-state index in [1.165, 1.54) is 13.2 Å². The summed E-state index contributed by atoms with van der Waals surface area (Å²) < 4.78 is 9.94. The molecule has 0 spiro atoms. The molecule has 0 amide bonds. The van der Waals surface area contributed by atoms with E-state index in [9.17, 15) is 9.59 Å². The van der Waals surface area contributed by atoms with Gasteiger partial charge in [-0.15, -0.1) is 0 Å². The molecular formula is C19H19NO4. The summed E-state index contributed by atoms with van der Waals surface area (Å²) in [5.74, 6) is -1.82. The fourth-order valence-electron chi connectivity index (χ4n) is 2.33. The lowest BCUT2D eigenvalue weighted by molar-refractivity contribution is -0.143. The molecule has 24 heavy (non-hydrogen) atoms. The van der Waals surface area contributed by atoms with Crippen LogP contribution in [0.1, 0.15) is 24.1 Å². The van der Waals surface area contributed by atoms with Crippen molar-refractivity contribution in [1.82, 2.24) is 4.98 Å². The average molecular weight is 325 g/mol. The average Bonchev–Trinajstić information content (AvgIpc) is 2.63. The van der Waals surface area contributed by atoms with E-state index in [-0.39, 0.29) is 6.61 Å². The number of esters is 2. The number of methoxy groups -OCH3 is 1. The molecule has 1 atom stereocenters. The number of carbonyl (C=O) groups excluding carboxylic acids is 2. The third kappa shape index (κ3) is 4.29. The molecule has 124 valence electrons. The van der Waals surface area contributed by atoms with Crippen molar-refractivity contribution >= 4 is 17.5 Å². The fraction of sp³-hybridized carbons (Fsp3) is 0.211. The van der Waals surface area contributed by atoms with Gasteiger partial charge in [0.2, 0.25) is 0 Å². The van der Waals surface area contributed by atoms with Crippen molar-refractivity contribution in [3.63, 3.8) is 0 Å². The summed E-state index contributed by atoms with van der Waals surface area (Å²) >= 11 is 0. The molecule has 0 aliphatic carbocycles. The molecule has 2 rings (SSSR count). The Morgan fingerprint density at radius 2 is 1.83 bits per heavy atom. The first-order valence-electron chi connectivity index (χ1n) is 7.60. The van der Waals surface area contributed by atoms with Crippen LogP contribution in [0.25, 0.3) is 5.57 Å². The zero-order chi connectivity index (χ0) is 17.4. The van der Waals surface area contributed by atoms with E-state index in [0.29, 0.717) is 11.3 Å². The van der Waals surface area contributed by atoms with Crippen molar-refractivity contribution in [2.24, 2.45) is 0 Å². The maximum absolute atomic E-state index is 12.6. The lowest BCUT2D eigenvalue weighted by atomic mass is 9.89. The van der Waals surface area contributed by atoms with Crippen molar-refractivity contribution < 1.29 is 19.1 Å².